The molecule has 33 heavy (non-hydrogen) atoms. The van der Waals surface area contributed by atoms with Gasteiger partial charge in [-0.25, -0.2) is 4.98 Å². The van der Waals surface area contributed by atoms with Crippen LogP contribution in [0.25, 0.3) is 16.6 Å². The van der Waals surface area contributed by atoms with Gasteiger partial charge in [0.2, 0.25) is 5.91 Å². The molecule has 2 aromatic carbocycles. The van der Waals surface area contributed by atoms with E-state index in [0.717, 1.165) is 24.9 Å². The zero-order chi connectivity index (χ0) is 23.4. The molecule has 6 nitrogen and oxygen atoms in total. The molecule has 0 saturated heterocycles. The summed E-state index contributed by atoms with van der Waals surface area (Å²) >= 11 is 1.22. The number of benzene rings is 2. The number of thioether (sulfide) groups is 1. The van der Waals surface area contributed by atoms with Crippen LogP contribution in [0.2, 0.25) is 0 Å². The van der Waals surface area contributed by atoms with Gasteiger partial charge in [-0.3, -0.25) is 14.2 Å². The Balaban J connectivity index is 1.66. The Bertz CT molecular complexity index is 1250. The number of fused-ring (bicyclic) bond motifs is 1. The van der Waals surface area contributed by atoms with E-state index < -0.39 is 5.54 Å². The van der Waals surface area contributed by atoms with Crippen LogP contribution in [0.4, 0.5) is 0 Å². The van der Waals surface area contributed by atoms with E-state index in [2.05, 4.69) is 25.2 Å². The first-order valence-electron chi connectivity index (χ1n) is 11.4. The average Bonchev–Trinajstić information content (AvgIpc) is 3.31. The van der Waals surface area contributed by atoms with Gasteiger partial charge in [0, 0.05) is 0 Å². The fourth-order valence-electron chi connectivity index (χ4n) is 4.30. The second kappa shape index (κ2) is 9.80. The lowest BCUT2D eigenvalue weighted by Gasteiger charge is -2.22. The number of nitriles is 1. The molecule has 3 aromatic rings. The third-order valence-corrected chi connectivity index (χ3v) is 7.40. The molecule has 0 spiro atoms. The lowest BCUT2D eigenvalue weighted by molar-refractivity contribution is -0.119. The summed E-state index contributed by atoms with van der Waals surface area (Å²) in [7, 11) is 0. The number of hydrogen-bond acceptors (Lipinski definition) is 5. The molecular formula is C26H28N4O2S. The van der Waals surface area contributed by atoms with Crippen molar-refractivity contribution in [3.8, 4) is 11.8 Å². The maximum absolute atomic E-state index is 13.4. The molecule has 0 aliphatic heterocycles. The second-order valence-corrected chi connectivity index (χ2v) is 9.63. The predicted molar refractivity (Wildman–Crippen MR) is 132 cm³/mol. The third kappa shape index (κ3) is 4.81. The van der Waals surface area contributed by atoms with Crippen molar-refractivity contribution in [3.63, 3.8) is 0 Å². The van der Waals surface area contributed by atoms with Crippen LogP contribution in [-0.4, -0.2) is 26.8 Å². The highest BCUT2D eigenvalue weighted by atomic mass is 32.2. The van der Waals surface area contributed by atoms with Gasteiger partial charge in [0.05, 0.1) is 28.4 Å². The monoisotopic (exact) mass is 460 g/mol. The molecule has 170 valence electrons. The van der Waals surface area contributed by atoms with E-state index in [1.54, 1.807) is 16.7 Å². The van der Waals surface area contributed by atoms with E-state index in [1.807, 2.05) is 36.4 Å². The van der Waals surface area contributed by atoms with Crippen molar-refractivity contribution in [2.45, 2.75) is 62.6 Å². The SMILES string of the molecule is CCC(C)c1ccc(-n2c(SCC(=O)NC3(C#N)CCCC3)nc3ccccc3c2=O)cc1. The van der Waals surface area contributed by atoms with Crippen molar-refractivity contribution in [1.82, 2.24) is 14.9 Å². The Hall–Kier alpha value is -3.11. The average molecular weight is 461 g/mol. The number of aromatic nitrogens is 2. The summed E-state index contributed by atoms with van der Waals surface area (Å²) in [6.07, 6.45) is 4.29. The fourth-order valence-corrected chi connectivity index (χ4v) is 5.11. The summed E-state index contributed by atoms with van der Waals surface area (Å²) in [5, 5.41) is 13.5. The van der Waals surface area contributed by atoms with Crippen LogP contribution in [-0.2, 0) is 4.79 Å². The summed E-state index contributed by atoms with van der Waals surface area (Å²) < 4.78 is 1.58. The lowest BCUT2D eigenvalue weighted by Crippen LogP contribution is -2.45. The highest BCUT2D eigenvalue weighted by Crippen LogP contribution is 2.29. The molecule has 0 bridgehead atoms. The first-order chi connectivity index (χ1) is 16.0. The van der Waals surface area contributed by atoms with Crippen LogP contribution >= 0.6 is 11.8 Å². The smallest absolute Gasteiger partial charge is 0.266 e. The van der Waals surface area contributed by atoms with E-state index >= 15 is 0 Å². The maximum Gasteiger partial charge on any atom is 0.266 e. The molecule has 7 heteroatoms. The Morgan fingerprint density at radius 3 is 2.58 bits per heavy atom. The zero-order valence-corrected chi connectivity index (χ0v) is 19.8. The van der Waals surface area contributed by atoms with E-state index in [9.17, 15) is 14.9 Å². The molecule has 1 saturated carbocycles. The maximum atomic E-state index is 13.4. The van der Waals surface area contributed by atoms with Gasteiger partial charge in [-0.2, -0.15) is 5.26 Å². The first kappa shape index (κ1) is 23.1. The molecule has 1 heterocycles. The number of para-hydroxylation sites is 1. The summed E-state index contributed by atoms with van der Waals surface area (Å²) in [5.74, 6) is 0.301. The van der Waals surface area contributed by atoms with Crippen molar-refractivity contribution >= 4 is 28.6 Å². The number of nitrogens with zero attached hydrogens (tertiary/aromatic N) is 3. The van der Waals surface area contributed by atoms with Gasteiger partial charge in [-0.15, -0.1) is 0 Å². The van der Waals surface area contributed by atoms with Gasteiger partial charge in [0.25, 0.3) is 5.56 Å². The van der Waals surface area contributed by atoms with Crippen LogP contribution in [0.5, 0.6) is 0 Å². The summed E-state index contributed by atoms with van der Waals surface area (Å²) in [6.45, 7) is 4.33. The minimum atomic E-state index is -0.764. The zero-order valence-electron chi connectivity index (χ0n) is 19.0. The van der Waals surface area contributed by atoms with Crippen molar-refractivity contribution in [2.75, 3.05) is 5.75 Å². The molecule has 1 aliphatic rings. The highest BCUT2D eigenvalue weighted by molar-refractivity contribution is 7.99. The topological polar surface area (TPSA) is 87.8 Å². The lowest BCUT2D eigenvalue weighted by atomic mass is 9.98. The fraction of sp³-hybridized carbons (Fsp3) is 0.385. The van der Waals surface area contributed by atoms with Crippen LogP contribution in [0.15, 0.2) is 58.5 Å². The molecule has 0 radical (unpaired) electrons. The molecule has 1 unspecified atom stereocenters. The quantitative estimate of drug-likeness (QED) is 0.398. The van der Waals surface area contributed by atoms with Gasteiger partial charge >= 0.3 is 0 Å². The molecule has 4 rings (SSSR count). The number of carbonyl (C=O) groups is 1. The van der Waals surface area contributed by atoms with Gasteiger partial charge in [0.15, 0.2) is 5.16 Å². The molecule has 1 N–H and O–H groups in total. The van der Waals surface area contributed by atoms with Crippen molar-refractivity contribution in [1.29, 1.82) is 5.26 Å². The minimum Gasteiger partial charge on any atom is -0.337 e. The van der Waals surface area contributed by atoms with Gasteiger partial charge < -0.3 is 5.32 Å². The number of hydrogen-bond donors (Lipinski definition) is 1. The molecule has 1 amide bonds. The van der Waals surface area contributed by atoms with Crippen LogP contribution in [0, 0.1) is 11.3 Å². The molecule has 1 aromatic heterocycles. The van der Waals surface area contributed by atoms with Gasteiger partial charge in [-0.05, 0) is 67.9 Å². The normalized spacial score (nSPS) is 15.8. The van der Waals surface area contributed by atoms with Gasteiger partial charge in [-0.1, -0.05) is 49.9 Å². The van der Waals surface area contributed by atoms with E-state index in [1.165, 1.54) is 17.3 Å². The first-order valence-corrected chi connectivity index (χ1v) is 12.4. The van der Waals surface area contributed by atoms with Crippen LogP contribution in [0.3, 0.4) is 0 Å². The Morgan fingerprint density at radius 2 is 1.91 bits per heavy atom. The summed E-state index contributed by atoms with van der Waals surface area (Å²) in [5.41, 5.74) is 1.61. The van der Waals surface area contributed by atoms with E-state index in [4.69, 9.17) is 4.98 Å². The Kier molecular flexibility index (Phi) is 6.85. The largest absolute Gasteiger partial charge is 0.337 e. The van der Waals surface area contributed by atoms with E-state index in [-0.39, 0.29) is 17.2 Å². The second-order valence-electron chi connectivity index (χ2n) is 8.69. The molecule has 1 aliphatic carbocycles. The summed E-state index contributed by atoms with van der Waals surface area (Å²) in [6, 6.07) is 17.5. The highest BCUT2D eigenvalue weighted by Gasteiger charge is 2.35. The van der Waals surface area contributed by atoms with Crippen molar-refractivity contribution in [2.24, 2.45) is 0 Å². The number of rotatable bonds is 7. The van der Waals surface area contributed by atoms with Gasteiger partial charge in [0.1, 0.15) is 5.54 Å². The Labute approximate surface area is 198 Å². The molecular weight excluding hydrogens is 432 g/mol. The van der Waals surface area contributed by atoms with Crippen molar-refractivity contribution in [3.05, 3.63) is 64.4 Å². The van der Waals surface area contributed by atoms with E-state index in [0.29, 0.717) is 34.8 Å². The Morgan fingerprint density at radius 1 is 1.21 bits per heavy atom. The number of carbonyl (C=O) groups excluding carboxylic acids is 1. The molecule has 1 fully saturated rings. The standard InChI is InChI=1S/C26H28N4O2S/c1-3-18(2)19-10-12-20(13-11-19)30-24(32)21-8-4-5-9-22(21)28-25(30)33-16-23(31)29-26(17-27)14-6-7-15-26/h4-5,8-13,18H,3,6-7,14-16H2,1-2H3,(H,29,31). The van der Waals surface area contributed by atoms with Crippen LogP contribution in [0.1, 0.15) is 57.4 Å². The third-order valence-electron chi connectivity index (χ3n) is 6.46. The molecule has 1 atom stereocenters. The number of nitrogens with one attached hydrogen (secondary N) is 1. The van der Waals surface area contributed by atoms with Crippen molar-refractivity contribution < 1.29 is 4.79 Å². The minimum absolute atomic E-state index is 0.0825. The van der Waals surface area contributed by atoms with Crippen LogP contribution < -0.4 is 10.9 Å². The summed E-state index contributed by atoms with van der Waals surface area (Å²) in [4.78, 5) is 30.8. The predicted octanol–water partition coefficient (Wildman–Crippen LogP) is 4.94. The number of amides is 1.